The standard InChI is InChI=1S/C17H17ClO/c1-2-17(18)19-16-12-10-15(11-13-16)9-8-14-6-4-3-5-7-14/h3-13,17H,2H2,1H3/b9-8+. The van der Waals surface area contributed by atoms with E-state index in [-0.39, 0.29) is 5.56 Å². The molecule has 0 heterocycles. The highest BCUT2D eigenvalue weighted by molar-refractivity contribution is 6.19. The van der Waals surface area contributed by atoms with E-state index >= 15 is 0 Å². The van der Waals surface area contributed by atoms with Crippen LogP contribution in [0.3, 0.4) is 0 Å². The van der Waals surface area contributed by atoms with E-state index in [4.69, 9.17) is 16.3 Å². The summed E-state index contributed by atoms with van der Waals surface area (Å²) in [4.78, 5) is 0. The van der Waals surface area contributed by atoms with E-state index in [1.807, 2.05) is 49.4 Å². The van der Waals surface area contributed by atoms with Gasteiger partial charge in [-0.2, -0.15) is 0 Å². The third kappa shape index (κ3) is 4.46. The van der Waals surface area contributed by atoms with E-state index in [1.165, 1.54) is 5.56 Å². The first-order valence-corrected chi connectivity index (χ1v) is 6.85. The van der Waals surface area contributed by atoms with Crippen LogP contribution in [0.2, 0.25) is 0 Å². The summed E-state index contributed by atoms with van der Waals surface area (Å²) in [5.41, 5.74) is 2.07. The molecular weight excluding hydrogens is 256 g/mol. The number of ether oxygens (including phenoxy) is 1. The molecule has 0 saturated carbocycles. The third-order valence-electron chi connectivity index (χ3n) is 2.73. The SMILES string of the molecule is CCC(Cl)Oc1ccc(/C=C/c2ccccc2)cc1. The van der Waals surface area contributed by atoms with E-state index in [9.17, 15) is 0 Å². The fourth-order valence-electron chi connectivity index (χ4n) is 1.65. The van der Waals surface area contributed by atoms with Crippen molar-refractivity contribution in [1.82, 2.24) is 0 Å². The summed E-state index contributed by atoms with van der Waals surface area (Å²) in [7, 11) is 0. The third-order valence-corrected chi connectivity index (χ3v) is 3.13. The van der Waals surface area contributed by atoms with Crippen molar-refractivity contribution in [2.24, 2.45) is 0 Å². The fraction of sp³-hybridized carbons (Fsp3) is 0.176. The zero-order valence-corrected chi connectivity index (χ0v) is 11.7. The minimum absolute atomic E-state index is 0.259. The van der Waals surface area contributed by atoms with Gasteiger partial charge in [0.25, 0.3) is 0 Å². The van der Waals surface area contributed by atoms with Crippen LogP contribution in [-0.2, 0) is 0 Å². The molecule has 1 unspecified atom stereocenters. The van der Waals surface area contributed by atoms with Gasteiger partial charge in [0.2, 0.25) is 0 Å². The summed E-state index contributed by atoms with van der Waals surface area (Å²) in [6.07, 6.45) is 4.96. The normalized spacial score (nSPS) is 12.5. The second-order valence-electron chi connectivity index (χ2n) is 4.25. The van der Waals surface area contributed by atoms with Crippen molar-refractivity contribution in [2.75, 3.05) is 0 Å². The minimum Gasteiger partial charge on any atom is -0.475 e. The number of rotatable bonds is 5. The molecule has 0 amide bonds. The second kappa shape index (κ2) is 7.01. The fourth-order valence-corrected chi connectivity index (χ4v) is 1.75. The zero-order chi connectivity index (χ0) is 13.5. The number of alkyl halides is 1. The first-order valence-electron chi connectivity index (χ1n) is 6.42. The highest BCUT2D eigenvalue weighted by atomic mass is 35.5. The topological polar surface area (TPSA) is 9.23 Å². The van der Waals surface area contributed by atoms with Gasteiger partial charge < -0.3 is 4.74 Å². The van der Waals surface area contributed by atoms with Crippen molar-refractivity contribution >= 4 is 23.8 Å². The van der Waals surface area contributed by atoms with Crippen molar-refractivity contribution in [3.05, 3.63) is 65.7 Å². The molecule has 2 rings (SSSR count). The van der Waals surface area contributed by atoms with Crippen LogP contribution in [0, 0.1) is 0 Å². The van der Waals surface area contributed by atoms with Gasteiger partial charge in [-0.1, -0.05) is 73.1 Å². The van der Waals surface area contributed by atoms with Gasteiger partial charge in [-0.3, -0.25) is 0 Å². The summed E-state index contributed by atoms with van der Waals surface area (Å²) in [5, 5.41) is 0. The number of hydrogen-bond donors (Lipinski definition) is 0. The highest BCUT2D eigenvalue weighted by Crippen LogP contribution is 2.17. The Bertz CT molecular complexity index is 517. The Morgan fingerprint density at radius 3 is 2.11 bits per heavy atom. The Balaban J connectivity index is 2.01. The largest absolute Gasteiger partial charge is 0.475 e. The van der Waals surface area contributed by atoms with Crippen molar-refractivity contribution < 1.29 is 4.74 Å². The van der Waals surface area contributed by atoms with Gasteiger partial charge in [0.1, 0.15) is 5.75 Å². The molecular formula is C17H17ClO. The zero-order valence-electron chi connectivity index (χ0n) is 10.9. The van der Waals surface area contributed by atoms with Crippen LogP contribution in [0.5, 0.6) is 5.75 Å². The van der Waals surface area contributed by atoms with E-state index < -0.39 is 0 Å². The van der Waals surface area contributed by atoms with Gasteiger partial charge in [-0.05, 0) is 29.7 Å². The maximum absolute atomic E-state index is 5.94. The van der Waals surface area contributed by atoms with E-state index in [2.05, 4.69) is 24.3 Å². The summed E-state index contributed by atoms with van der Waals surface area (Å²) < 4.78 is 5.52. The maximum Gasteiger partial charge on any atom is 0.171 e. The van der Waals surface area contributed by atoms with Gasteiger partial charge in [-0.15, -0.1) is 0 Å². The maximum atomic E-state index is 5.94. The van der Waals surface area contributed by atoms with Crippen molar-refractivity contribution in [1.29, 1.82) is 0 Å². The van der Waals surface area contributed by atoms with E-state index in [0.717, 1.165) is 17.7 Å². The van der Waals surface area contributed by atoms with Crippen LogP contribution in [0.4, 0.5) is 0 Å². The molecule has 0 aliphatic carbocycles. The number of hydrogen-bond acceptors (Lipinski definition) is 1. The smallest absolute Gasteiger partial charge is 0.171 e. The molecule has 2 heteroatoms. The lowest BCUT2D eigenvalue weighted by molar-refractivity contribution is 0.277. The van der Waals surface area contributed by atoms with Crippen LogP contribution < -0.4 is 4.74 Å². The van der Waals surface area contributed by atoms with Gasteiger partial charge >= 0.3 is 0 Å². The van der Waals surface area contributed by atoms with Gasteiger partial charge in [-0.25, -0.2) is 0 Å². The lowest BCUT2D eigenvalue weighted by Gasteiger charge is -2.10. The van der Waals surface area contributed by atoms with E-state index in [1.54, 1.807) is 0 Å². The summed E-state index contributed by atoms with van der Waals surface area (Å²) >= 11 is 5.94. The Morgan fingerprint density at radius 1 is 0.947 bits per heavy atom. The number of halogens is 1. The Morgan fingerprint density at radius 2 is 1.53 bits per heavy atom. The van der Waals surface area contributed by atoms with Crippen LogP contribution in [0.25, 0.3) is 12.2 Å². The Kier molecular flexibility index (Phi) is 5.05. The van der Waals surface area contributed by atoms with Crippen LogP contribution in [-0.4, -0.2) is 5.56 Å². The van der Waals surface area contributed by atoms with Crippen molar-refractivity contribution in [3.63, 3.8) is 0 Å². The Labute approximate surface area is 119 Å². The quantitative estimate of drug-likeness (QED) is 0.536. The van der Waals surface area contributed by atoms with Crippen molar-refractivity contribution in [3.8, 4) is 5.75 Å². The van der Waals surface area contributed by atoms with Gasteiger partial charge in [0.15, 0.2) is 5.56 Å². The van der Waals surface area contributed by atoms with Gasteiger partial charge in [0.05, 0.1) is 0 Å². The van der Waals surface area contributed by atoms with Crippen LogP contribution >= 0.6 is 11.6 Å². The highest BCUT2D eigenvalue weighted by Gasteiger charge is 2.01. The molecule has 0 aliphatic rings. The molecule has 2 aromatic carbocycles. The molecule has 0 saturated heterocycles. The average Bonchev–Trinajstić information content (AvgIpc) is 2.47. The molecule has 0 spiro atoms. The molecule has 0 N–H and O–H groups in total. The lowest BCUT2D eigenvalue weighted by Crippen LogP contribution is -2.06. The monoisotopic (exact) mass is 272 g/mol. The van der Waals surface area contributed by atoms with Crippen LogP contribution in [0.1, 0.15) is 24.5 Å². The minimum atomic E-state index is -0.259. The van der Waals surface area contributed by atoms with Gasteiger partial charge in [0, 0.05) is 0 Å². The molecule has 1 atom stereocenters. The predicted octanol–water partition coefficient (Wildman–Crippen LogP) is 5.21. The Hall–Kier alpha value is -1.73. The molecule has 0 fully saturated rings. The molecule has 0 aromatic heterocycles. The molecule has 1 nitrogen and oxygen atoms in total. The predicted molar refractivity (Wildman–Crippen MR) is 82.4 cm³/mol. The molecule has 19 heavy (non-hydrogen) atoms. The van der Waals surface area contributed by atoms with E-state index in [0.29, 0.717) is 0 Å². The first kappa shape index (κ1) is 13.7. The molecule has 0 bridgehead atoms. The molecule has 2 aromatic rings. The van der Waals surface area contributed by atoms with Crippen molar-refractivity contribution in [2.45, 2.75) is 18.9 Å². The second-order valence-corrected chi connectivity index (χ2v) is 4.74. The summed E-state index contributed by atoms with van der Waals surface area (Å²) in [5.74, 6) is 0.804. The molecule has 0 radical (unpaired) electrons. The first-order chi connectivity index (χ1) is 9.28. The van der Waals surface area contributed by atoms with Crippen LogP contribution in [0.15, 0.2) is 54.6 Å². The lowest BCUT2D eigenvalue weighted by atomic mass is 10.1. The summed E-state index contributed by atoms with van der Waals surface area (Å²) in [6.45, 7) is 1.99. The molecule has 98 valence electrons. The molecule has 0 aliphatic heterocycles. The average molecular weight is 273 g/mol. The number of benzene rings is 2. The summed E-state index contributed by atoms with van der Waals surface area (Å²) in [6, 6.07) is 18.2.